The summed E-state index contributed by atoms with van der Waals surface area (Å²) in [5.74, 6) is 2.11. The first-order chi connectivity index (χ1) is 11.8. The van der Waals surface area contributed by atoms with Gasteiger partial charge in [0.2, 0.25) is 11.7 Å². The Balaban J connectivity index is 1.58. The van der Waals surface area contributed by atoms with Crippen molar-refractivity contribution >= 4 is 23.1 Å². The molecule has 0 aliphatic rings. The third-order valence-electron chi connectivity index (χ3n) is 3.12. The van der Waals surface area contributed by atoms with Gasteiger partial charge in [-0.3, -0.25) is 0 Å². The number of nitrogens with zero attached hydrogens (tertiary/aromatic N) is 3. The molecule has 0 amide bonds. The first-order valence-electron chi connectivity index (χ1n) is 7.18. The summed E-state index contributed by atoms with van der Waals surface area (Å²) >= 11 is 5.24. The Kier molecular flexibility index (Phi) is 4.97. The third kappa shape index (κ3) is 3.85. The number of rotatable bonds is 5. The number of thiocarbonyl (C=S) groups is 1. The van der Waals surface area contributed by atoms with Gasteiger partial charge in [0.15, 0.2) is 16.7 Å². The summed E-state index contributed by atoms with van der Waals surface area (Å²) in [6.45, 7) is 0.306. The number of benzene rings is 1. The average molecular weight is 341 g/mol. The van der Waals surface area contributed by atoms with Crippen molar-refractivity contribution in [3.05, 3.63) is 54.6 Å². The van der Waals surface area contributed by atoms with Crippen LogP contribution in [0.3, 0.4) is 0 Å². The zero-order valence-corrected chi connectivity index (χ0v) is 13.7. The standard InChI is InChI=1S/C16H15N5O2S/c1-22-12-8-5-9-17-15(12)20-16(24)18-10-13-19-14(21-23-13)11-6-3-2-4-7-11/h2-9H,10H2,1H3,(H2,17,18,20,24). The van der Waals surface area contributed by atoms with Crippen LogP contribution in [0.15, 0.2) is 53.2 Å². The van der Waals surface area contributed by atoms with E-state index in [-0.39, 0.29) is 0 Å². The van der Waals surface area contributed by atoms with Gasteiger partial charge in [0, 0.05) is 11.8 Å². The molecule has 0 aliphatic heterocycles. The molecule has 0 spiro atoms. The molecule has 3 aromatic rings. The normalized spacial score (nSPS) is 10.2. The molecule has 7 nitrogen and oxygen atoms in total. The molecule has 0 atom stereocenters. The van der Waals surface area contributed by atoms with Crippen LogP contribution in [0.1, 0.15) is 5.89 Å². The molecule has 0 radical (unpaired) electrons. The average Bonchev–Trinajstić information content (AvgIpc) is 3.10. The lowest BCUT2D eigenvalue weighted by Gasteiger charge is -2.10. The fraction of sp³-hybridized carbons (Fsp3) is 0.125. The molecule has 0 saturated heterocycles. The number of anilines is 1. The Hall–Kier alpha value is -3.00. The molecular weight excluding hydrogens is 326 g/mol. The van der Waals surface area contributed by atoms with E-state index in [9.17, 15) is 0 Å². The van der Waals surface area contributed by atoms with Crippen LogP contribution < -0.4 is 15.4 Å². The van der Waals surface area contributed by atoms with E-state index in [0.717, 1.165) is 5.56 Å². The topological polar surface area (TPSA) is 85.1 Å². The van der Waals surface area contributed by atoms with Gasteiger partial charge in [0.1, 0.15) is 0 Å². The van der Waals surface area contributed by atoms with Crippen LogP contribution in [0.5, 0.6) is 5.75 Å². The summed E-state index contributed by atoms with van der Waals surface area (Å²) < 4.78 is 10.4. The molecule has 2 N–H and O–H groups in total. The maximum Gasteiger partial charge on any atom is 0.246 e. The van der Waals surface area contributed by atoms with Crippen molar-refractivity contribution < 1.29 is 9.26 Å². The van der Waals surface area contributed by atoms with E-state index in [2.05, 4.69) is 25.8 Å². The fourth-order valence-corrected chi connectivity index (χ4v) is 2.16. The van der Waals surface area contributed by atoms with Gasteiger partial charge in [0.05, 0.1) is 13.7 Å². The van der Waals surface area contributed by atoms with Crippen LogP contribution in [0.25, 0.3) is 11.4 Å². The van der Waals surface area contributed by atoms with Gasteiger partial charge in [0.25, 0.3) is 0 Å². The molecule has 2 aromatic heterocycles. The van der Waals surface area contributed by atoms with Crippen LogP contribution in [0, 0.1) is 0 Å². The van der Waals surface area contributed by atoms with E-state index in [0.29, 0.717) is 34.9 Å². The number of aromatic nitrogens is 3. The van der Waals surface area contributed by atoms with Gasteiger partial charge in [-0.05, 0) is 24.4 Å². The first-order valence-corrected chi connectivity index (χ1v) is 7.59. The predicted molar refractivity (Wildman–Crippen MR) is 93.6 cm³/mol. The fourth-order valence-electron chi connectivity index (χ4n) is 1.99. The highest BCUT2D eigenvalue weighted by Crippen LogP contribution is 2.19. The summed E-state index contributed by atoms with van der Waals surface area (Å²) in [7, 11) is 1.57. The van der Waals surface area contributed by atoms with Crippen LogP contribution in [0.4, 0.5) is 5.82 Å². The number of hydrogen-bond donors (Lipinski definition) is 2. The second kappa shape index (κ2) is 7.51. The largest absolute Gasteiger partial charge is 0.493 e. The van der Waals surface area contributed by atoms with E-state index in [1.807, 2.05) is 30.3 Å². The maximum atomic E-state index is 5.24. The first kappa shape index (κ1) is 15.9. The summed E-state index contributed by atoms with van der Waals surface area (Å²) in [6.07, 6.45) is 1.65. The molecule has 0 bridgehead atoms. The number of ether oxygens (including phenoxy) is 1. The molecule has 0 saturated carbocycles. The number of hydrogen-bond acceptors (Lipinski definition) is 6. The lowest BCUT2D eigenvalue weighted by atomic mass is 10.2. The Morgan fingerprint density at radius 1 is 1.21 bits per heavy atom. The zero-order chi connectivity index (χ0) is 16.8. The van der Waals surface area contributed by atoms with Gasteiger partial charge in [-0.1, -0.05) is 35.5 Å². The highest BCUT2D eigenvalue weighted by Gasteiger charge is 2.09. The third-order valence-corrected chi connectivity index (χ3v) is 3.37. The van der Waals surface area contributed by atoms with Gasteiger partial charge >= 0.3 is 0 Å². The van der Waals surface area contributed by atoms with Gasteiger partial charge < -0.3 is 19.9 Å². The van der Waals surface area contributed by atoms with Crippen LogP contribution in [0.2, 0.25) is 0 Å². The second-order valence-electron chi connectivity index (χ2n) is 4.74. The highest BCUT2D eigenvalue weighted by atomic mass is 32.1. The molecule has 2 heterocycles. The van der Waals surface area contributed by atoms with Crippen molar-refractivity contribution in [2.75, 3.05) is 12.4 Å². The van der Waals surface area contributed by atoms with E-state index in [1.54, 1.807) is 25.4 Å². The highest BCUT2D eigenvalue weighted by molar-refractivity contribution is 7.80. The van der Waals surface area contributed by atoms with Crippen molar-refractivity contribution in [1.82, 2.24) is 20.4 Å². The number of methoxy groups -OCH3 is 1. The molecule has 3 rings (SSSR count). The van der Waals surface area contributed by atoms with Crippen molar-refractivity contribution in [2.24, 2.45) is 0 Å². The van der Waals surface area contributed by atoms with Gasteiger partial charge in [-0.2, -0.15) is 4.98 Å². The van der Waals surface area contributed by atoms with Crippen molar-refractivity contribution in [3.63, 3.8) is 0 Å². The lowest BCUT2D eigenvalue weighted by molar-refractivity contribution is 0.376. The monoisotopic (exact) mass is 341 g/mol. The summed E-state index contributed by atoms with van der Waals surface area (Å²) in [6, 6.07) is 13.2. The minimum absolute atomic E-state index is 0.306. The minimum atomic E-state index is 0.306. The van der Waals surface area contributed by atoms with Crippen LogP contribution in [-0.2, 0) is 6.54 Å². The lowest BCUT2D eigenvalue weighted by Crippen LogP contribution is -2.28. The maximum absolute atomic E-state index is 5.24. The predicted octanol–water partition coefficient (Wildman–Crippen LogP) is 2.63. The summed E-state index contributed by atoms with van der Waals surface area (Å²) in [5, 5.41) is 10.3. The molecule has 0 aliphatic carbocycles. The minimum Gasteiger partial charge on any atom is -0.493 e. The molecule has 0 unspecified atom stereocenters. The van der Waals surface area contributed by atoms with Crippen molar-refractivity contribution in [2.45, 2.75) is 6.54 Å². The molecule has 24 heavy (non-hydrogen) atoms. The zero-order valence-electron chi connectivity index (χ0n) is 12.9. The molecule has 8 heteroatoms. The molecule has 0 fully saturated rings. The van der Waals surface area contributed by atoms with E-state index in [4.69, 9.17) is 21.5 Å². The Labute approximate surface area is 144 Å². The van der Waals surface area contributed by atoms with Crippen LogP contribution in [-0.4, -0.2) is 27.3 Å². The van der Waals surface area contributed by atoms with Crippen molar-refractivity contribution in [3.8, 4) is 17.1 Å². The second-order valence-corrected chi connectivity index (χ2v) is 5.15. The molecule has 1 aromatic carbocycles. The van der Waals surface area contributed by atoms with E-state index >= 15 is 0 Å². The van der Waals surface area contributed by atoms with E-state index in [1.165, 1.54) is 0 Å². The Bertz CT molecular complexity index is 822. The number of pyridine rings is 1. The van der Waals surface area contributed by atoms with E-state index < -0.39 is 0 Å². The molecule has 122 valence electrons. The molecular formula is C16H15N5O2S. The van der Waals surface area contributed by atoms with Crippen LogP contribution >= 0.6 is 12.2 Å². The Morgan fingerprint density at radius 3 is 2.83 bits per heavy atom. The van der Waals surface area contributed by atoms with Gasteiger partial charge in [-0.25, -0.2) is 4.98 Å². The van der Waals surface area contributed by atoms with Gasteiger partial charge in [-0.15, -0.1) is 0 Å². The summed E-state index contributed by atoms with van der Waals surface area (Å²) in [5.41, 5.74) is 0.895. The quantitative estimate of drug-likeness (QED) is 0.685. The Morgan fingerprint density at radius 2 is 2.04 bits per heavy atom. The smallest absolute Gasteiger partial charge is 0.246 e. The number of nitrogens with one attached hydrogen (secondary N) is 2. The summed E-state index contributed by atoms with van der Waals surface area (Å²) in [4.78, 5) is 8.50. The van der Waals surface area contributed by atoms with Crippen molar-refractivity contribution in [1.29, 1.82) is 0 Å². The SMILES string of the molecule is COc1cccnc1NC(=S)NCc1nc(-c2ccccc2)no1.